The number of rotatable bonds is 2. The highest BCUT2D eigenvalue weighted by atomic mass is 16.6. The number of nitro benzene ring substituents is 1. The monoisotopic (exact) mass is 203 g/mol. The van der Waals surface area contributed by atoms with Gasteiger partial charge in [-0.1, -0.05) is 12.1 Å². The average Bonchev–Trinajstić information content (AvgIpc) is 2.69. The fourth-order valence-electron chi connectivity index (χ4n) is 1.52. The van der Waals surface area contributed by atoms with Crippen LogP contribution in [0, 0.1) is 17.0 Å². The highest BCUT2D eigenvalue weighted by Gasteiger charge is 2.18. The molecule has 0 fully saturated rings. The molecule has 0 atom stereocenters. The van der Waals surface area contributed by atoms with Crippen LogP contribution in [-0.2, 0) is 0 Å². The molecule has 0 spiro atoms. The Bertz CT molecular complexity index is 491. The Hall–Kier alpha value is -2.17. The maximum Gasteiger partial charge on any atom is 0.281 e. The van der Waals surface area contributed by atoms with Gasteiger partial charge < -0.3 is 4.98 Å². The molecule has 0 aliphatic heterocycles. The Kier molecular flexibility index (Phi) is 2.21. The van der Waals surface area contributed by atoms with Gasteiger partial charge in [0.05, 0.1) is 28.7 Å². The minimum absolute atomic E-state index is 0.127. The van der Waals surface area contributed by atoms with E-state index in [2.05, 4.69) is 9.97 Å². The van der Waals surface area contributed by atoms with E-state index in [0.29, 0.717) is 16.8 Å². The van der Waals surface area contributed by atoms with Gasteiger partial charge in [0.25, 0.3) is 5.69 Å². The summed E-state index contributed by atoms with van der Waals surface area (Å²) in [7, 11) is 0. The Labute approximate surface area is 85.9 Å². The van der Waals surface area contributed by atoms with Crippen LogP contribution in [0.1, 0.15) is 5.56 Å². The van der Waals surface area contributed by atoms with Crippen LogP contribution >= 0.6 is 0 Å². The minimum atomic E-state index is -0.370. The number of aromatic nitrogens is 2. The summed E-state index contributed by atoms with van der Waals surface area (Å²) in [4.78, 5) is 17.3. The predicted octanol–water partition coefficient (Wildman–Crippen LogP) is 2.29. The van der Waals surface area contributed by atoms with Gasteiger partial charge in [0.1, 0.15) is 0 Å². The molecule has 0 saturated heterocycles. The summed E-state index contributed by atoms with van der Waals surface area (Å²) in [5.74, 6) is 0. The van der Waals surface area contributed by atoms with Crippen LogP contribution in [0.2, 0.25) is 0 Å². The number of nitrogens with zero attached hydrogens (tertiary/aromatic N) is 2. The third-order valence-corrected chi connectivity index (χ3v) is 2.21. The van der Waals surface area contributed by atoms with Gasteiger partial charge in [0.15, 0.2) is 0 Å². The van der Waals surface area contributed by atoms with Gasteiger partial charge in [-0.3, -0.25) is 10.1 Å². The molecule has 1 heterocycles. The predicted molar refractivity (Wildman–Crippen MR) is 55.4 cm³/mol. The third-order valence-electron chi connectivity index (χ3n) is 2.21. The summed E-state index contributed by atoms with van der Waals surface area (Å²) in [5, 5.41) is 10.9. The first kappa shape index (κ1) is 9.39. The Balaban J connectivity index is 2.66. The number of imidazole rings is 1. The maximum absolute atomic E-state index is 10.9. The van der Waals surface area contributed by atoms with Crippen LogP contribution in [0.3, 0.4) is 0 Å². The van der Waals surface area contributed by atoms with Crippen molar-refractivity contribution in [3.8, 4) is 11.3 Å². The van der Waals surface area contributed by atoms with Crippen molar-refractivity contribution in [2.24, 2.45) is 0 Å². The lowest BCUT2D eigenvalue weighted by Crippen LogP contribution is -1.94. The highest BCUT2D eigenvalue weighted by Crippen LogP contribution is 2.30. The van der Waals surface area contributed by atoms with E-state index in [-0.39, 0.29) is 10.6 Å². The van der Waals surface area contributed by atoms with Gasteiger partial charge in [0.2, 0.25) is 0 Å². The van der Waals surface area contributed by atoms with E-state index >= 15 is 0 Å². The van der Waals surface area contributed by atoms with Crippen LogP contribution in [0.15, 0.2) is 30.7 Å². The second kappa shape index (κ2) is 3.53. The number of nitrogens with one attached hydrogen (secondary N) is 1. The highest BCUT2D eigenvalue weighted by molar-refractivity contribution is 5.72. The minimum Gasteiger partial charge on any atom is -0.344 e. The number of hydrogen-bond acceptors (Lipinski definition) is 3. The molecule has 2 rings (SSSR count). The van der Waals surface area contributed by atoms with Crippen molar-refractivity contribution < 1.29 is 4.92 Å². The first-order valence-electron chi connectivity index (χ1n) is 4.43. The molecule has 1 aromatic carbocycles. The van der Waals surface area contributed by atoms with E-state index in [0.717, 1.165) is 0 Å². The molecule has 76 valence electrons. The molecular weight excluding hydrogens is 194 g/mol. The molecule has 5 heteroatoms. The molecule has 0 saturated carbocycles. The van der Waals surface area contributed by atoms with Gasteiger partial charge in [-0.05, 0) is 13.0 Å². The number of aryl methyl sites for hydroxylation is 1. The maximum atomic E-state index is 10.9. The van der Waals surface area contributed by atoms with Gasteiger partial charge in [-0.2, -0.15) is 0 Å². The van der Waals surface area contributed by atoms with Crippen molar-refractivity contribution in [1.82, 2.24) is 9.97 Å². The van der Waals surface area contributed by atoms with Crippen molar-refractivity contribution in [2.45, 2.75) is 6.92 Å². The molecule has 0 aliphatic rings. The number of nitro groups is 1. The molecular formula is C10H9N3O2. The van der Waals surface area contributed by atoms with E-state index in [1.54, 1.807) is 31.3 Å². The Morgan fingerprint density at radius 3 is 2.87 bits per heavy atom. The van der Waals surface area contributed by atoms with Crippen LogP contribution in [-0.4, -0.2) is 14.9 Å². The standard InChI is InChI=1S/C10H9N3O2/c1-7-3-2-4-8(10(7)13(14)15)9-5-11-6-12-9/h2-6H,1H3,(H,11,12). The van der Waals surface area contributed by atoms with E-state index in [1.165, 1.54) is 6.33 Å². The second-order valence-corrected chi connectivity index (χ2v) is 3.19. The molecule has 2 aromatic rings. The number of hydrogen-bond donors (Lipinski definition) is 1. The van der Waals surface area contributed by atoms with Gasteiger partial charge in [-0.25, -0.2) is 4.98 Å². The van der Waals surface area contributed by atoms with Gasteiger partial charge in [-0.15, -0.1) is 0 Å². The number of H-pyrrole nitrogens is 1. The van der Waals surface area contributed by atoms with E-state index in [9.17, 15) is 10.1 Å². The fraction of sp³-hybridized carbons (Fsp3) is 0.100. The molecule has 1 aromatic heterocycles. The Morgan fingerprint density at radius 1 is 1.47 bits per heavy atom. The van der Waals surface area contributed by atoms with Gasteiger partial charge in [0, 0.05) is 5.56 Å². The molecule has 15 heavy (non-hydrogen) atoms. The zero-order chi connectivity index (χ0) is 10.8. The number of benzene rings is 1. The summed E-state index contributed by atoms with van der Waals surface area (Å²) in [5.41, 5.74) is 2.00. The van der Waals surface area contributed by atoms with E-state index in [4.69, 9.17) is 0 Å². The summed E-state index contributed by atoms with van der Waals surface area (Å²) >= 11 is 0. The van der Waals surface area contributed by atoms with Crippen LogP contribution < -0.4 is 0 Å². The van der Waals surface area contributed by atoms with Crippen LogP contribution in [0.4, 0.5) is 5.69 Å². The molecule has 0 amide bonds. The summed E-state index contributed by atoms with van der Waals surface area (Å²) in [6, 6.07) is 5.22. The van der Waals surface area contributed by atoms with Crippen LogP contribution in [0.25, 0.3) is 11.3 Å². The molecule has 1 N–H and O–H groups in total. The first-order valence-corrected chi connectivity index (χ1v) is 4.43. The lowest BCUT2D eigenvalue weighted by molar-refractivity contribution is -0.384. The summed E-state index contributed by atoms with van der Waals surface area (Å²) < 4.78 is 0. The topological polar surface area (TPSA) is 71.8 Å². The third kappa shape index (κ3) is 1.59. The van der Waals surface area contributed by atoms with Gasteiger partial charge >= 0.3 is 0 Å². The summed E-state index contributed by atoms with van der Waals surface area (Å²) in [6.07, 6.45) is 3.07. The van der Waals surface area contributed by atoms with Crippen molar-refractivity contribution in [2.75, 3.05) is 0 Å². The SMILES string of the molecule is Cc1cccc(-c2cnc[nH]2)c1[N+](=O)[O-]. The molecule has 0 radical (unpaired) electrons. The normalized spacial score (nSPS) is 10.2. The first-order chi connectivity index (χ1) is 7.20. The molecule has 0 aliphatic carbocycles. The molecule has 0 unspecified atom stereocenters. The van der Waals surface area contributed by atoms with Crippen molar-refractivity contribution >= 4 is 5.69 Å². The van der Waals surface area contributed by atoms with E-state index < -0.39 is 0 Å². The van der Waals surface area contributed by atoms with Crippen molar-refractivity contribution in [3.05, 3.63) is 46.4 Å². The lowest BCUT2D eigenvalue weighted by atomic mass is 10.1. The smallest absolute Gasteiger partial charge is 0.281 e. The fourth-order valence-corrected chi connectivity index (χ4v) is 1.52. The lowest BCUT2D eigenvalue weighted by Gasteiger charge is -2.02. The van der Waals surface area contributed by atoms with Crippen molar-refractivity contribution in [1.29, 1.82) is 0 Å². The number of aromatic amines is 1. The second-order valence-electron chi connectivity index (χ2n) is 3.19. The number of para-hydroxylation sites is 1. The average molecular weight is 203 g/mol. The summed E-state index contributed by atoms with van der Waals surface area (Å²) in [6.45, 7) is 1.72. The molecule has 0 bridgehead atoms. The largest absolute Gasteiger partial charge is 0.344 e. The zero-order valence-corrected chi connectivity index (χ0v) is 8.10. The van der Waals surface area contributed by atoms with Crippen LogP contribution in [0.5, 0.6) is 0 Å². The van der Waals surface area contributed by atoms with Crippen molar-refractivity contribution in [3.63, 3.8) is 0 Å². The molecule has 5 nitrogen and oxygen atoms in total. The van der Waals surface area contributed by atoms with E-state index in [1.807, 2.05) is 0 Å². The zero-order valence-electron chi connectivity index (χ0n) is 8.10. The Morgan fingerprint density at radius 2 is 2.27 bits per heavy atom. The quantitative estimate of drug-likeness (QED) is 0.601.